The van der Waals surface area contributed by atoms with Gasteiger partial charge in [0.2, 0.25) is 0 Å². The summed E-state index contributed by atoms with van der Waals surface area (Å²) in [6, 6.07) is 13.8. The molecule has 0 saturated heterocycles. The van der Waals surface area contributed by atoms with Crippen molar-refractivity contribution in [3.63, 3.8) is 0 Å². The number of ether oxygens (including phenoxy) is 2. The lowest BCUT2D eigenvalue weighted by Crippen LogP contribution is -2.18. The third-order valence-corrected chi connectivity index (χ3v) is 4.93. The molecule has 0 fully saturated rings. The quantitative estimate of drug-likeness (QED) is 0.450. The summed E-state index contributed by atoms with van der Waals surface area (Å²) in [6.07, 6.45) is 5.78. The Morgan fingerprint density at radius 1 is 1.00 bits per heavy atom. The molecule has 0 aliphatic heterocycles. The maximum Gasteiger partial charge on any atom is 0.124 e. The summed E-state index contributed by atoms with van der Waals surface area (Å²) in [5.74, 6) is 1.35. The van der Waals surface area contributed by atoms with Gasteiger partial charge in [0.15, 0.2) is 0 Å². The van der Waals surface area contributed by atoms with Crippen LogP contribution in [0.4, 0.5) is 11.4 Å². The van der Waals surface area contributed by atoms with Gasteiger partial charge in [-0.3, -0.25) is 9.67 Å². The second kappa shape index (κ2) is 8.71. The van der Waals surface area contributed by atoms with Gasteiger partial charge in [0, 0.05) is 54.9 Å². The van der Waals surface area contributed by atoms with E-state index in [-0.39, 0.29) is 0 Å². The number of aromatic nitrogens is 4. The van der Waals surface area contributed by atoms with Crippen LogP contribution in [-0.4, -0.2) is 40.5 Å². The molecule has 0 N–H and O–H groups in total. The van der Waals surface area contributed by atoms with E-state index in [4.69, 9.17) is 14.5 Å². The van der Waals surface area contributed by atoms with Crippen LogP contribution < -0.4 is 14.4 Å². The summed E-state index contributed by atoms with van der Waals surface area (Å²) in [7, 11) is 5.10. The summed E-state index contributed by atoms with van der Waals surface area (Å²) >= 11 is 0. The van der Waals surface area contributed by atoms with Crippen molar-refractivity contribution < 1.29 is 9.47 Å². The van der Waals surface area contributed by atoms with Crippen LogP contribution in [0.5, 0.6) is 11.5 Å². The largest absolute Gasteiger partial charge is 0.497 e. The van der Waals surface area contributed by atoms with Gasteiger partial charge in [0.05, 0.1) is 55.8 Å². The molecule has 31 heavy (non-hydrogen) atoms. The second-order valence-corrected chi connectivity index (χ2v) is 6.96. The normalized spacial score (nSPS) is 10.6. The van der Waals surface area contributed by atoms with Crippen molar-refractivity contribution in [3.05, 3.63) is 55.0 Å². The molecule has 2 aromatic carbocycles. The van der Waals surface area contributed by atoms with Crippen LogP contribution in [0.3, 0.4) is 0 Å². The van der Waals surface area contributed by atoms with Gasteiger partial charge in [-0.05, 0) is 18.2 Å². The van der Waals surface area contributed by atoms with Gasteiger partial charge in [0.1, 0.15) is 11.5 Å². The average Bonchev–Trinajstić information content (AvgIpc) is 3.24. The zero-order valence-electron chi connectivity index (χ0n) is 17.6. The van der Waals surface area contributed by atoms with Crippen LogP contribution in [-0.2, 0) is 7.05 Å². The molecule has 0 bridgehead atoms. The SMILES string of the molecule is COc1cc(OC)cc(N(CCC#N)c2ccc3ncc(-c4cnn(C)c4)nc3c2)c1. The van der Waals surface area contributed by atoms with Gasteiger partial charge in [-0.25, -0.2) is 4.98 Å². The van der Waals surface area contributed by atoms with Crippen LogP contribution in [0.2, 0.25) is 0 Å². The Balaban J connectivity index is 1.79. The highest BCUT2D eigenvalue weighted by Gasteiger charge is 2.14. The molecule has 0 amide bonds. The molecule has 0 atom stereocenters. The van der Waals surface area contributed by atoms with E-state index in [9.17, 15) is 5.26 Å². The molecule has 8 heteroatoms. The van der Waals surface area contributed by atoms with Crippen molar-refractivity contribution in [2.24, 2.45) is 7.05 Å². The lowest BCUT2D eigenvalue weighted by Gasteiger charge is -2.25. The Kier molecular flexibility index (Phi) is 5.67. The van der Waals surface area contributed by atoms with E-state index in [1.54, 1.807) is 31.3 Å². The summed E-state index contributed by atoms with van der Waals surface area (Å²) in [5.41, 5.74) is 4.97. The van der Waals surface area contributed by atoms with Gasteiger partial charge in [-0.15, -0.1) is 0 Å². The minimum atomic E-state index is 0.360. The number of hydrogen-bond acceptors (Lipinski definition) is 7. The number of aryl methyl sites for hydroxylation is 1. The molecule has 0 aliphatic rings. The Hall–Kier alpha value is -4.12. The average molecular weight is 414 g/mol. The minimum absolute atomic E-state index is 0.360. The zero-order valence-corrected chi connectivity index (χ0v) is 17.6. The second-order valence-electron chi connectivity index (χ2n) is 6.96. The van der Waals surface area contributed by atoms with Crippen LogP contribution in [0.1, 0.15) is 6.42 Å². The number of rotatable bonds is 7. The van der Waals surface area contributed by atoms with Gasteiger partial charge >= 0.3 is 0 Å². The predicted octanol–water partition coefficient (Wildman–Crippen LogP) is 4.10. The van der Waals surface area contributed by atoms with Crippen LogP contribution >= 0.6 is 0 Å². The number of methoxy groups -OCH3 is 2. The third kappa shape index (κ3) is 4.26. The van der Waals surface area contributed by atoms with E-state index in [0.717, 1.165) is 33.7 Å². The first-order valence-electron chi connectivity index (χ1n) is 9.74. The van der Waals surface area contributed by atoms with Crippen LogP contribution in [0.15, 0.2) is 55.0 Å². The fourth-order valence-corrected chi connectivity index (χ4v) is 3.38. The van der Waals surface area contributed by atoms with E-state index in [1.807, 2.05) is 54.5 Å². The number of nitrogens with zero attached hydrogens (tertiary/aromatic N) is 6. The standard InChI is InChI=1S/C23H22N6O2/c1-28-15-16(13-26-28)23-14-25-21-6-5-17(11-22(21)27-23)29(8-4-7-24)18-9-19(30-2)12-20(10-18)31-3/h5-6,9-15H,4,8H2,1-3H3. The number of benzene rings is 2. The predicted molar refractivity (Wildman–Crippen MR) is 119 cm³/mol. The number of fused-ring (bicyclic) bond motifs is 1. The van der Waals surface area contributed by atoms with Gasteiger partial charge in [-0.2, -0.15) is 10.4 Å². The molecule has 4 aromatic rings. The molecule has 0 aliphatic carbocycles. The van der Waals surface area contributed by atoms with Crippen molar-refractivity contribution in [2.75, 3.05) is 25.7 Å². The Morgan fingerprint density at radius 2 is 1.77 bits per heavy atom. The summed E-state index contributed by atoms with van der Waals surface area (Å²) in [5, 5.41) is 13.4. The molecule has 2 aromatic heterocycles. The molecule has 156 valence electrons. The maximum atomic E-state index is 9.19. The van der Waals surface area contributed by atoms with E-state index >= 15 is 0 Å². The van der Waals surface area contributed by atoms with Crippen molar-refractivity contribution in [1.29, 1.82) is 5.26 Å². The molecule has 2 heterocycles. The minimum Gasteiger partial charge on any atom is -0.497 e. The van der Waals surface area contributed by atoms with E-state index in [2.05, 4.69) is 16.2 Å². The summed E-state index contributed by atoms with van der Waals surface area (Å²) in [4.78, 5) is 11.4. The topological polar surface area (TPSA) is 89.1 Å². The third-order valence-electron chi connectivity index (χ3n) is 4.93. The van der Waals surface area contributed by atoms with Gasteiger partial charge < -0.3 is 14.4 Å². The highest BCUT2D eigenvalue weighted by Crippen LogP contribution is 2.34. The monoisotopic (exact) mass is 414 g/mol. The summed E-state index contributed by atoms with van der Waals surface area (Å²) < 4.78 is 12.6. The van der Waals surface area contributed by atoms with E-state index < -0.39 is 0 Å². The highest BCUT2D eigenvalue weighted by molar-refractivity contribution is 5.82. The molecular formula is C23H22N6O2. The lowest BCUT2D eigenvalue weighted by molar-refractivity contribution is 0.394. The first kappa shape index (κ1) is 20.2. The lowest BCUT2D eigenvalue weighted by atomic mass is 10.2. The zero-order chi connectivity index (χ0) is 21.8. The molecule has 0 spiro atoms. The van der Waals surface area contributed by atoms with Crippen molar-refractivity contribution >= 4 is 22.4 Å². The fourth-order valence-electron chi connectivity index (χ4n) is 3.38. The number of anilines is 2. The van der Waals surface area contributed by atoms with Crippen molar-refractivity contribution in [2.45, 2.75) is 6.42 Å². The molecule has 0 unspecified atom stereocenters. The smallest absolute Gasteiger partial charge is 0.124 e. The summed E-state index contributed by atoms with van der Waals surface area (Å²) in [6.45, 7) is 0.508. The Morgan fingerprint density at radius 3 is 2.42 bits per heavy atom. The van der Waals surface area contributed by atoms with Crippen LogP contribution in [0, 0.1) is 11.3 Å². The Labute approximate surface area is 180 Å². The van der Waals surface area contributed by atoms with Gasteiger partial charge in [-0.1, -0.05) is 0 Å². The molecular weight excluding hydrogens is 392 g/mol. The maximum absolute atomic E-state index is 9.19. The first-order chi connectivity index (χ1) is 15.1. The van der Waals surface area contributed by atoms with E-state index in [0.29, 0.717) is 24.5 Å². The van der Waals surface area contributed by atoms with Crippen molar-refractivity contribution in [3.8, 4) is 28.8 Å². The first-order valence-corrected chi connectivity index (χ1v) is 9.74. The van der Waals surface area contributed by atoms with Gasteiger partial charge in [0.25, 0.3) is 0 Å². The molecule has 8 nitrogen and oxygen atoms in total. The number of nitriles is 1. The molecule has 0 radical (unpaired) electrons. The molecule has 0 saturated carbocycles. The van der Waals surface area contributed by atoms with Crippen molar-refractivity contribution in [1.82, 2.24) is 19.7 Å². The fraction of sp³-hybridized carbons (Fsp3) is 0.217. The molecule has 4 rings (SSSR count). The highest BCUT2D eigenvalue weighted by atomic mass is 16.5. The number of hydrogen-bond donors (Lipinski definition) is 0. The van der Waals surface area contributed by atoms with Crippen LogP contribution in [0.25, 0.3) is 22.3 Å². The Bertz CT molecular complexity index is 1240. The van der Waals surface area contributed by atoms with E-state index in [1.165, 1.54) is 0 Å².